The third-order valence-corrected chi connectivity index (χ3v) is 11.9. The molecule has 0 fully saturated rings. The summed E-state index contributed by atoms with van der Waals surface area (Å²) in [4.78, 5) is 0. The van der Waals surface area contributed by atoms with Gasteiger partial charge in [-0.15, -0.1) is 0 Å². The van der Waals surface area contributed by atoms with Crippen LogP contribution in [0.4, 0.5) is 0 Å². The summed E-state index contributed by atoms with van der Waals surface area (Å²) in [7, 11) is 2.15. The number of rotatable bonds is 6. The van der Waals surface area contributed by atoms with Crippen molar-refractivity contribution in [2.75, 3.05) is 24.6 Å². The summed E-state index contributed by atoms with van der Waals surface area (Å²) in [5.41, 5.74) is 10.4. The Morgan fingerprint density at radius 2 is 1.55 bits per heavy atom. The van der Waals surface area contributed by atoms with Gasteiger partial charge in [-0.1, -0.05) is 0 Å². The zero-order valence-corrected chi connectivity index (χ0v) is 9.61. The maximum absolute atomic E-state index is 11.2. The average Bonchev–Trinajstić information content (AvgIpc) is 1.97. The summed E-state index contributed by atoms with van der Waals surface area (Å²) in [5.74, 6) is 1.09. The van der Waals surface area contributed by atoms with Crippen LogP contribution in [0.5, 0.6) is 0 Å². The molecule has 0 spiro atoms. The summed E-state index contributed by atoms with van der Waals surface area (Å²) in [6.07, 6.45) is 0. The second-order valence-electron chi connectivity index (χ2n) is 1.71. The summed E-state index contributed by atoms with van der Waals surface area (Å²) in [5, 5.41) is 0. The van der Waals surface area contributed by atoms with Gasteiger partial charge in [-0.3, -0.25) is 0 Å². The molecule has 0 radical (unpaired) electrons. The van der Waals surface area contributed by atoms with E-state index in [9.17, 15) is 7.84 Å². The molecule has 0 aliphatic carbocycles. The first-order valence-corrected chi connectivity index (χ1v) is 11.2. The summed E-state index contributed by atoms with van der Waals surface area (Å²) >= 11 is -3.64. The van der Waals surface area contributed by atoms with E-state index >= 15 is 0 Å². The number of hydrogen-bond donors (Lipinski definition) is 3. The molecule has 0 aromatic heterocycles. The van der Waals surface area contributed by atoms with Crippen LogP contribution in [0.1, 0.15) is 0 Å². The molecule has 0 aliphatic heterocycles. The van der Waals surface area contributed by atoms with Crippen LogP contribution in [0.25, 0.3) is 0 Å². The molecule has 0 aromatic rings. The fourth-order valence-electron chi connectivity index (χ4n) is 0.373. The molecule has 0 atom stereocenters. The van der Waals surface area contributed by atoms with E-state index in [-0.39, 0.29) is 0 Å². The Balaban J connectivity index is 3.53. The number of nitrogens with two attached hydrogens (primary N) is 2. The van der Waals surface area contributed by atoms with E-state index in [2.05, 4.69) is 0 Å². The molecule has 0 rings (SSSR count). The van der Waals surface area contributed by atoms with Gasteiger partial charge in [0, 0.05) is 0 Å². The van der Waals surface area contributed by atoms with Crippen molar-refractivity contribution in [1.82, 2.24) is 0 Å². The van der Waals surface area contributed by atoms with Gasteiger partial charge in [-0.05, 0) is 0 Å². The molecule has 7 heteroatoms. The monoisotopic (exact) mass is 260 g/mol. The molecule has 68 valence electrons. The molecule has 0 amide bonds. The Morgan fingerprint density at radius 1 is 1.18 bits per heavy atom. The Hall–Kier alpha value is 0.938. The van der Waals surface area contributed by atoms with Crippen molar-refractivity contribution < 1.29 is 7.84 Å². The second-order valence-corrected chi connectivity index (χ2v) is 14.6. The first kappa shape index (κ1) is 11.9. The van der Waals surface area contributed by atoms with Crippen molar-refractivity contribution in [2.45, 2.75) is 0 Å². The van der Waals surface area contributed by atoms with Gasteiger partial charge in [0.1, 0.15) is 0 Å². The van der Waals surface area contributed by atoms with Crippen molar-refractivity contribution in [3.8, 4) is 0 Å². The van der Waals surface area contributed by atoms with Crippen LogP contribution < -0.4 is 11.5 Å². The third-order valence-electron chi connectivity index (χ3n) is 0.745. The fourth-order valence-corrected chi connectivity index (χ4v) is 9.31. The van der Waals surface area contributed by atoms with Gasteiger partial charge >= 0.3 is 75.5 Å². The molecular formula is C4H13AsN2O2S2. The fraction of sp³-hybridized carbons (Fsp3) is 1.00. The Labute approximate surface area is 75.5 Å². The maximum atomic E-state index is 11.2. The SMILES string of the molecule is NCCS[As](=O)(O)SCCN. The first-order chi connectivity index (χ1) is 5.12. The van der Waals surface area contributed by atoms with E-state index in [4.69, 9.17) is 11.5 Å². The molecule has 0 unspecified atom stereocenters. The zero-order valence-electron chi connectivity index (χ0n) is 6.10. The van der Waals surface area contributed by atoms with Gasteiger partial charge in [-0.2, -0.15) is 0 Å². The molecule has 11 heavy (non-hydrogen) atoms. The van der Waals surface area contributed by atoms with Gasteiger partial charge in [0.2, 0.25) is 0 Å². The van der Waals surface area contributed by atoms with Crippen LogP contribution in [0.2, 0.25) is 0 Å². The van der Waals surface area contributed by atoms with Crippen molar-refractivity contribution >= 4 is 31.6 Å². The predicted octanol–water partition coefficient (Wildman–Crippen LogP) is -0.771. The first-order valence-electron chi connectivity index (χ1n) is 3.14. The van der Waals surface area contributed by atoms with E-state index in [1.807, 2.05) is 0 Å². The molecule has 0 aromatic carbocycles. The normalized spacial score (nSPS) is 11.9. The Kier molecular flexibility index (Phi) is 7.00. The van der Waals surface area contributed by atoms with Gasteiger partial charge in [0.05, 0.1) is 0 Å². The molecular weight excluding hydrogens is 247 g/mol. The predicted molar refractivity (Wildman–Crippen MR) is 51.7 cm³/mol. The molecule has 0 aliphatic rings. The molecule has 4 nitrogen and oxygen atoms in total. The van der Waals surface area contributed by atoms with Crippen LogP contribution in [-0.4, -0.2) is 40.2 Å². The minimum atomic E-state index is -3.64. The topological polar surface area (TPSA) is 89.3 Å². The van der Waals surface area contributed by atoms with Crippen LogP contribution in [-0.2, 0) is 3.74 Å². The standard InChI is InChI=1S/C4H13AsN2O2S2/c6-1-3-10-5(8,9)11-4-2-7/h1-4,6-7H2,(H,8,9). The molecule has 5 N–H and O–H groups in total. The third kappa shape index (κ3) is 7.30. The van der Waals surface area contributed by atoms with Gasteiger partial charge in [-0.25, -0.2) is 0 Å². The summed E-state index contributed by atoms with van der Waals surface area (Å²) in [6.45, 7) is 0.888. The number of hydrogen-bond acceptors (Lipinski definition) is 5. The van der Waals surface area contributed by atoms with E-state index in [1.165, 1.54) is 0 Å². The Bertz CT molecular complexity index is 134. The van der Waals surface area contributed by atoms with Crippen molar-refractivity contribution in [2.24, 2.45) is 11.5 Å². The van der Waals surface area contributed by atoms with Crippen molar-refractivity contribution in [3.05, 3.63) is 0 Å². The quantitative estimate of drug-likeness (QED) is 0.543. The van der Waals surface area contributed by atoms with Crippen LogP contribution >= 0.6 is 20.0 Å². The van der Waals surface area contributed by atoms with E-state index in [1.54, 1.807) is 0 Å². The van der Waals surface area contributed by atoms with Crippen LogP contribution in [0.3, 0.4) is 0 Å². The van der Waals surface area contributed by atoms with E-state index in [0.717, 1.165) is 20.0 Å². The van der Waals surface area contributed by atoms with Gasteiger partial charge in [0.15, 0.2) is 0 Å². The van der Waals surface area contributed by atoms with E-state index < -0.39 is 11.5 Å². The second kappa shape index (κ2) is 6.45. The zero-order chi connectivity index (χ0) is 8.74. The molecule has 0 saturated heterocycles. The molecule has 0 heterocycles. The van der Waals surface area contributed by atoms with Gasteiger partial charge in [0.25, 0.3) is 0 Å². The summed E-state index contributed by atoms with van der Waals surface area (Å²) in [6, 6.07) is 0. The van der Waals surface area contributed by atoms with Crippen molar-refractivity contribution in [1.29, 1.82) is 0 Å². The van der Waals surface area contributed by atoms with Crippen molar-refractivity contribution in [3.63, 3.8) is 0 Å². The van der Waals surface area contributed by atoms with Crippen LogP contribution in [0.15, 0.2) is 0 Å². The van der Waals surface area contributed by atoms with E-state index in [0.29, 0.717) is 24.6 Å². The Morgan fingerprint density at radius 3 is 1.82 bits per heavy atom. The van der Waals surface area contributed by atoms with Gasteiger partial charge < -0.3 is 0 Å². The average molecular weight is 260 g/mol. The minimum absolute atomic E-state index is 0.444. The summed E-state index contributed by atoms with van der Waals surface area (Å²) < 4.78 is 20.4. The molecule has 0 saturated carbocycles. The molecule has 0 bridgehead atoms. The van der Waals surface area contributed by atoms with Crippen LogP contribution in [0, 0.1) is 0 Å².